The molecular weight excluding hydrogens is 272 g/mol. The zero-order valence-corrected chi connectivity index (χ0v) is 13.4. The van der Waals surface area contributed by atoms with Gasteiger partial charge in [0.15, 0.2) is 5.79 Å². The van der Waals surface area contributed by atoms with Crippen molar-refractivity contribution in [1.82, 2.24) is 0 Å². The fraction of sp³-hybridized carbons (Fsp3) is 0.938. The molecule has 1 heterocycles. The third-order valence-electron chi connectivity index (χ3n) is 3.92. The zero-order chi connectivity index (χ0) is 15.5. The van der Waals surface area contributed by atoms with Crippen molar-refractivity contribution in [1.29, 1.82) is 0 Å². The van der Waals surface area contributed by atoms with Crippen molar-refractivity contribution in [2.75, 3.05) is 6.61 Å². The van der Waals surface area contributed by atoms with Crippen LogP contribution in [0.1, 0.15) is 65.7 Å². The summed E-state index contributed by atoms with van der Waals surface area (Å²) in [6.07, 6.45) is 5.29. The molecule has 0 bridgehead atoms. The molecule has 0 unspecified atom stereocenters. The predicted molar refractivity (Wildman–Crippen MR) is 77.7 cm³/mol. The van der Waals surface area contributed by atoms with E-state index in [9.17, 15) is 9.90 Å². The highest BCUT2D eigenvalue weighted by Crippen LogP contribution is 2.39. The van der Waals surface area contributed by atoms with Gasteiger partial charge in [0, 0.05) is 19.3 Å². The van der Waals surface area contributed by atoms with Crippen molar-refractivity contribution in [3.8, 4) is 0 Å². The molecule has 1 spiro atoms. The Hall–Kier alpha value is -0.650. The van der Waals surface area contributed by atoms with Crippen LogP contribution in [0.3, 0.4) is 0 Å². The molecule has 1 saturated carbocycles. The van der Waals surface area contributed by atoms with Crippen molar-refractivity contribution in [3.63, 3.8) is 0 Å². The van der Waals surface area contributed by atoms with Gasteiger partial charge < -0.3 is 19.3 Å². The molecule has 5 nitrogen and oxygen atoms in total. The van der Waals surface area contributed by atoms with E-state index in [2.05, 4.69) is 0 Å². The number of hydrogen-bond donors (Lipinski definition) is 1. The average Bonchev–Trinajstić information content (AvgIpc) is 2.36. The second-order valence-electron chi connectivity index (χ2n) is 7.16. The summed E-state index contributed by atoms with van der Waals surface area (Å²) in [5.41, 5.74) is -0.485. The summed E-state index contributed by atoms with van der Waals surface area (Å²) in [7, 11) is 0. The van der Waals surface area contributed by atoms with Crippen molar-refractivity contribution in [3.05, 3.63) is 0 Å². The smallest absolute Gasteiger partial charge is 0.308 e. The van der Waals surface area contributed by atoms with Crippen LogP contribution in [0.5, 0.6) is 0 Å². The van der Waals surface area contributed by atoms with Crippen LogP contribution in [0.25, 0.3) is 0 Å². The molecule has 2 atom stereocenters. The Bertz CT molecular complexity index is 354. The van der Waals surface area contributed by atoms with Gasteiger partial charge in [0.25, 0.3) is 0 Å². The molecular formula is C16H28O5. The molecule has 0 aromatic carbocycles. The summed E-state index contributed by atoms with van der Waals surface area (Å²) >= 11 is 0. The van der Waals surface area contributed by atoms with Crippen molar-refractivity contribution in [2.24, 2.45) is 0 Å². The number of hydrogen-bond acceptors (Lipinski definition) is 5. The molecule has 0 amide bonds. The van der Waals surface area contributed by atoms with Crippen LogP contribution in [0.2, 0.25) is 0 Å². The van der Waals surface area contributed by atoms with Gasteiger partial charge in [-0.15, -0.1) is 0 Å². The third-order valence-corrected chi connectivity index (χ3v) is 3.92. The zero-order valence-electron chi connectivity index (χ0n) is 13.4. The molecule has 1 saturated heterocycles. The topological polar surface area (TPSA) is 65.0 Å². The van der Waals surface area contributed by atoms with E-state index >= 15 is 0 Å². The lowest BCUT2D eigenvalue weighted by Crippen LogP contribution is -2.51. The molecule has 122 valence electrons. The highest BCUT2D eigenvalue weighted by molar-refractivity contribution is 5.70. The Labute approximate surface area is 126 Å². The van der Waals surface area contributed by atoms with Crippen LogP contribution in [0.4, 0.5) is 0 Å². The van der Waals surface area contributed by atoms with Gasteiger partial charge >= 0.3 is 5.97 Å². The van der Waals surface area contributed by atoms with Gasteiger partial charge in [-0.05, 0) is 33.6 Å². The maximum absolute atomic E-state index is 12.0. The van der Waals surface area contributed by atoms with Gasteiger partial charge in [-0.1, -0.05) is 6.42 Å². The van der Waals surface area contributed by atoms with Crippen LogP contribution < -0.4 is 0 Å². The monoisotopic (exact) mass is 300 g/mol. The summed E-state index contributed by atoms with van der Waals surface area (Å²) in [4.78, 5) is 12.0. The van der Waals surface area contributed by atoms with E-state index in [4.69, 9.17) is 14.2 Å². The summed E-state index contributed by atoms with van der Waals surface area (Å²) in [6, 6.07) is 0. The lowest BCUT2D eigenvalue weighted by atomic mass is 9.91. The quantitative estimate of drug-likeness (QED) is 0.811. The van der Waals surface area contributed by atoms with E-state index in [-0.39, 0.29) is 31.2 Å². The van der Waals surface area contributed by atoms with E-state index < -0.39 is 11.4 Å². The Morgan fingerprint density at radius 2 is 1.81 bits per heavy atom. The molecule has 0 radical (unpaired) electrons. The van der Waals surface area contributed by atoms with Crippen molar-refractivity contribution >= 4 is 5.97 Å². The number of carbonyl (C=O) groups is 1. The van der Waals surface area contributed by atoms with Crippen LogP contribution in [0.15, 0.2) is 0 Å². The second kappa shape index (κ2) is 6.63. The molecule has 2 fully saturated rings. The van der Waals surface area contributed by atoms with Crippen LogP contribution in [-0.4, -0.2) is 41.3 Å². The van der Waals surface area contributed by atoms with E-state index in [1.165, 1.54) is 6.42 Å². The fourth-order valence-corrected chi connectivity index (χ4v) is 3.16. The fourth-order valence-electron chi connectivity index (χ4n) is 3.16. The van der Waals surface area contributed by atoms with Gasteiger partial charge in [0.05, 0.1) is 25.2 Å². The summed E-state index contributed by atoms with van der Waals surface area (Å²) in [6.45, 7) is 5.54. The lowest BCUT2D eigenvalue weighted by Gasteiger charge is -2.46. The number of rotatable bonds is 3. The average molecular weight is 300 g/mol. The third kappa shape index (κ3) is 4.94. The van der Waals surface area contributed by atoms with Gasteiger partial charge in [-0.2, -0.15) is 0 Å². The Kier molecular flexibility index (Phi) is 5.28. The van der Waals surface area contributed by atoms with E-state index in [0.717, 1.165) is 25.7 Å². The minimum Gasteiger partial charge on any atom is -0.460 e. The van der Waals surface area contributed by atoms with Crippen molar-refractivity contribution < 1.29 is 24.1 Å². The van der Waals surface area contributed by atoms with Gasteiger partial charge in [-0.25, -0.2) is 0 Å². The molecule has 21 heavy (non-hydrogen) atoms. The first-order valence-electron chi connectivity index (χ1n) is 8.00. The largest absolute Gasteiger partial charge is 0.460 e. The van der Waals surface area contributed by atoms with Crippen LogP contribution in [-0.2, 0) is 19.0 Å². The molecule has 2 aliphatic rings. The Morgan fingerprint density at radius 3 is 2.38 bits per heavy atom. The molecule has 0 aromatic heterocycles. The first-order valence-corrected chi connectivity index (χ1v) is 8.00. The Morgan fingerprint density at radius 1 is 1.19 bits per heavy atom. The number of esters is 1. The highest BCUT2D eigenvalue weighted by Gasteiger charge is 2.43. The maximum atomic E-state index is 12.0. The number of ether oxygens (including phenoxy) is 3. The van der Waals surface area contributed by atoms with Gasteiger partial charge in [0.1, 0.15) is 5.60 Å². The van der Waals surface area contributed by atoms with Gasteiger partial charge in [-0.3, -0.25) is 4.79 Å². The van der Waals surface area contributed by atoms with E-state index in [1.54, 1.807) is 0 Å². The number of aliphatic hydroxyl groups excluding tert-OH is 1. The lowest BCUT2D eigenvalue weighted by molar-refractivity contribution is -0.332. The first-order chi connectivity index (χ1) is 9.82. The summed E-state index contributed by atoms with van der Waals surface area (Å²) in [5, 5.41) is 9.45. The van der Waals surface area contributed by atoms with Crippen LogP contribution in [0, 0.1) is 0 Å². The number of carbonyl (C=O) groups excluding carboxylic acids is 1. The SMILES string of the molecule is CC(C)(C)OC(=O)C[C@H]1C[C@@H](CO)OC2(CCCCC2)O1. The standard InChI is InChI=1S/C16H28O5/c1-15(2,3)21-14(18)10-12-9-13(11-17)20-16(19-12)7-5-4-6-8-16/h12-13,17H,4-11H2,1-3H3/t12-,13+/m1/s1. The minimum atomic E-state index is -0.601. The molecule has 0 aromatic rings. The van der Waals surface area contributed by atoms with Gasteiger partial charge in [0.2, 0.25) is 0 Å². The molecule has 1 N–H and O–H groups in total. The normalized spacial score (nSPS) is 29.3. The molecule has 2 rings (SSSR count). The number of aliphatic hydroxyl groups is 1. The molecule has 1 aliphatic carbocycles. The summed E-state index contributed by atoms with van der Waals surface area (Å²) < 4.78 is 17.4. The summed E-state index contributed by atoms with van der Waals surface area (Å²) in [5.74, 6) is -0.853. The first kappa shape index (κ1) is 16.7. The van der Waals surface area contributed by atoms with Crippen LogP contribution >= 0.6 is 0 Å². The maximum Gasteiger partial charge on any atom is 0.308 e. The molecule has 1 aliphatic heterocycles. The molecule has 5 heteroatoms. The van der Waals surface area contributed by atoms with E-state index in [0.29, 0.717) is 6.42 Å². The predicted octanol–water partition coefficient (Wildman–Crippen LogP) is 2.55. The Balaban J connectivity index is 1.96. The highest BCUT2D eigenvalue weighted by atomic mass is 16.7. The minimum absolute atomic E-state index is 0.0318. The van der Waals surface area contributed by atoms with E-state index in [1.807, 2.05) is 20.8 Å². The van der Waals surface area contributed by atoms with Crippen molar-refractivity contribution in [2.45, 2.75) is 89.3 Å². The second-order valence-corrected chi connectivity index (χ2v) is 7.16.